The quantitative estimate of drug-likeness (QED) is 0.735. The van der Waals surface area contributed by atoms with Crippen molar-refractivity contribution in [3.63, 3.8) is 0 Å². The number of halogens is 3. The summed E-state index contributed by atoms with van der Waals surface area (Å²) in [5, 5.41) is 0. The standard InChI is InChI=1S/C9H7BrF2S/c10-8(9(11)12)6-13-7-4-2-1-3-5-7/h1-5H,6H2. The second kappa shape index (κ2) is 5.40. The summed E-state index contributed by atoms with van der Waals surface area (Å²) in [6.45, 7) is 0. The van der Waals surface area contributed by atoms with Gasteiger partial charge in [-0.05, 0) is 28.1 Å². The van der Waals surface area contributed by atoms with Crippen molar-refractivity contribution in [2.45, 2.75) is 4.90 Å². The minimum atomic E-state index is -1.65. The Balaban J connectivity index is 2.49. The van der Waals surface area contributed by atoms with E-state index in [0.29, 0.717) is 0 Å². The zero-order valence-electron chi connectivity index (χ0n) is 6.64. The largest absolute Gasteiger partial charge is 0.281 e. The molecule has 70 valence electrons. The van der Waals surface area contributed by atoms with E-state index in [1.54, 1.807) is 0 Å². The fourth-order valence-electron chi connectivity index (χ4n) is 0.718. The van der Waals surface area contributed by atoms with Crippen LogP contribution in [0.3, 0.4) is 0 Å². The molecule has 0 aromatic heterocycles. The van der Waals surface area contributed by atoms with Gasteiger partial charge in [0.1, 0.15) is 0 Å². The average molecular weight is 265 g/mol. The molecular weight excluding hydrogens is 258 g/mol. The Morgan fingerprint density at radius 3 is 2.38 bits per heavy atom. The van der Waals surface area contributed by atoms with Crippen molar-refractivity contribution in [1.82, 2.24) is 0 Å². The van der Waals surface area contributed by atoms with Gasteiger partial charge < -0.3 is 0 Å². The Bertz CT molecular complexity index is 294. The van der Waals surface area contributed by atoms with Gasteiger partial charge in [0, 0.05) is 10.6 Å². The minimum absolute atomic E-state index is 0.0404. The van der Waals surface area contributed by atoms with Crippen LogP contribution in [0.4, 0.5) is 8.78 Å². The molecule has 0 fully saturated rings. The molecule has 0 radical (unpaired) electrons. The molecule has 0 aliphatic heterocycles. The molecule has 0 heterocycles. The van der Waals surface area contributed by atoms with E-state index in [9.17, 15) is 8.78 Å². The smallest absolute Gasteiger partial charge is 0.172 e. The molecule has 0 amide bonds. The highest BCUT2D eigenvalue weighted by Gasteiger charge is 2.02. The van der Waals surface area contributed by atoms with Gasteiger partial charge >= 0.3 is 0 Å². The molecule has 4 heteroatoms. The first-order valence-electron chi connectivity index (χ1n) is 3.57. The molecule has 1 aromatic rings. The second-order valence-corrected chi connectivity index (χ2v) is 4.27. The summed E-state index contributed by atoms with van der Waals surface area (Å²) in [7, 11) is 0. The van der Waals surface area contributed by atoms with Gasteiger partial charge in [0.2, 0.25) is 0 Å². The molecule has 0 unspecified atom stereocenters. The van der Waals surface area contributed by atoms with Crippen LogP contribution in [0.25, 0.3) is 0 Å². The lowest BCUT2D eigenvalue weighted by Gasteiger charge is -1.98. The summed E-state index contributed by atoms with van der Waals surface area (Å²) in [4.78, 5) is 0.987. The summed E-state index contributed by atoms with van der Waals surface area (Å²) in [5.41, 5.74) is 0. The van der Waals surface area contributed by atoms with Crippen molar-refractivity contribution in [2.24, 2.45) is 0 Å². The van der Waals surface area contributed by atoms with Crippen LogP contribution in [-0.2, 0) is 0 Å². The van der Waals surface area contributed by atoms with Crippen LogP contribution in [0.2, 0.25) is 0 Å². The summed E-state index contributed by atoms with van der Waals surface area (Å²) in [6.07, 6.45) is -1.65. The van der Waals surface area contributed by atoms with E-state index >= 15 is 0 Å². The first-order valence-corrected chi connectivity index (χ1v) is 5.35. The third-order valence-electron chi connectivity index (χ3n) is 1.31. The fraction of sp³-hybridized carbons (Fsp3) is 0.111. The minimum Gasteiger partial charge on any atom is -0.172 e. The van der Waals surface area contributed by atoms with Gasteiger partial charge in [-0.2, -0.15) is 8.78 Å². The van der Waals surface area contributed by atoms with Gasteiger partial charge in [0.25, 0.3) is 6.08 Å². The maximum atomic E-state index is 12.0. The van der Waals surface area contributed by atoms with Crippen molar-refractivity contribution < 1.29 is 8.78 Å². The first kappa shape index (κ1) is 10.7. The van der Waals surface area contributed by atoms with E-state index in [2.05, 4.69) is 15.9 Å². The van der Waals surface area contributed by atoms with Crippen molar-refractivity contribution in [1.29, 1.82) is 0 Å². The SMILES string of the molecule is FC(F)=C(Br)CSc1ccccc1. The Labute approximate surface area is 88.2 Å². The first-order chi connectivity index (χ1) is 6.20. The number of hydrogen-bond acceptors (Lipinski definition) is 1. The third kappa shape index (κ3) is 3.91. The normalized spacial score (nSPS) is 9.77. The van der Waals surface area contributed by atoms with E-state index in [1.165, 1.54) is 11.8 Å². The van der Waals surface area contributed by atoms with E-state index in [-0.39, 0.29) is 10.2 Å². The van der Waals surface area contributed by atoms with Crippen LogP contribution in [0.5, 0.6) is 0 Å². The van der Waals surface area contributed by atoms with Crippen LogP contribution in [-0.4, -0.2) is 5.75 Å². The lowest BCUT2D eigenvalue weighted by molar-refractivity contribution is 0.419. The Morgan fingerprint density at radius 1 is 1.23 bits per heavy atom. The molecule has 0 saturated heterocycles. The van der Waals surface area contributed by atoms with Crippen LogP contribution < -0.4 is 0 Å². The van der Waals surface area contributed by atoms with Crippen molar-refractivity contribution in [3.05, 3.63) is 40.9 Å². The Hall–Kier alpha value is -0.350. The molecular formula is C9H7BrF2S. The van der Waals surface area contributed by atoms with E-state index in [0.717, 1.165) is 4.90 Å². The predicted octanol–water partition coefficient (Wildman–Crippen LogP) is 4.28. The van der Waals surface area contributed by atoms with Gasteiger partial charge in [0.05, 0.1) is 4.48 Å². The zero-order chi connectivity index (χ0) is 9.68. The van der Waals surface area contributed by atoms with Crippen molar-refractivity contribution in [3.8, 4) is 0 Å². The van der Waals surface area contributed by atoms with E-state index in [4.69, 9.17) is 0 Å². The molecule has 0 aliphatic carbocycles. The number of benzene rings is 1. The van der Waals surface area contributed by atoms with Gasteiger partial charge in [-0.3, -0.25) is 0 Å². The molecule has 0 bridgehead atoms. The number of hydrogen-bond donors (Lipinski definition) is 0. The Kier molecular flexibility index (Phi) is 4.45. The molecule has 0 N–H and O–H groups in total. The molecule has 1 rings (SSSR count). The molecule has 0 atom stereocenters. The van der Waals surface area contributed by atoms with Crippen LogP contribution in [0.15, 0.2) is 45.8 Å². The van der Waals surface area contributed by atoms with Gasteiger partial charge in [-0.25, -0.2) is 0 Å². The second-order valence-electron chi connectivity index (χ2n) is 2.27. The molecule has 0 aliphatic rings. The molecule has 0 saturated carbocycles. The monoisotopic (exact) mass is 264 g/mol. The van der Waals surface area contributed by atoms with Crippen molar-refractivity contribution in [2.75, 3.05) is 5.75 Å². The molecule has 0 spiro atoms. The summed E-state index contributed by atoms with van der Waals surface area (Å²) < 4.78 is 23.9. The fourth-order valence-corrected chi connectivity index (χ4v) is 1.81. The predicted molar refractivity (Wildman–Crippen MR) is 55.3 cm³/mol. The van der Waals surface area contributed by atoms with Crippen LogP contribution in [0.1, 0.15) is 0 Å². The van der Waals surface area contributed by atoms with Gasteiger partial charge in [-0.15, -0.1) is 11.8 Å². The van der Waals surface area contributed by atoms with Gasteiger partial charge in [-0.1, -0.05) is 18.2 Å². The lowest BCUT2D eigenvalue weighted by Crippen LogP contribution is -1.79. The molecule has 1 aromatic carbocycles. The summed E-state index contributed by atoms with van der Waals surface area (Å²) in [5.74, 6) is 0.270. The summed E-state index contributed by atoms with van der Waals surface area (Å²) in [6, 6.07) is 9.43. The number of rotatable bonds is 3. The van der Waals surface area contributed by atoms with E-state index in [1.807, 2.05) is 30.3 Å². The topological polar surface area (TPSA) is 0 Å². The zero-order valence-corrected chi connectivity index (χ0v) is 9.04. The third-order valence-corrected chi connectivity index (χ3v) is 3.30. The highest BCUT2D eigenvalue weighted by atomic mass is 79.9. The van der Waals surface area contributed by atoms with Crippen LogP contribution >= 0.6 is 27.7 Å². The molecule has 13 heavy (non-hydrogen) atoms. The molecule has 0 nitrogen and oxygen atoms in total. The maximum absolute atomic E-state index is 12.0. The maximum Gasteiger partial charge on any atom is 0.281 e. The lowest BCUT2D eigenvalue weighted by atomic mass is 10.4. The number of thioether (sulfide) groups is 1. The van der Waals surface area contributed by atoms with Crippen LogP contribution in [0, 0.1) is 0 Å². The highest BCUT2D eigenvalue weighted by Crippen LogP contribution is 2.25. The Morgan fingerprint density at radius 2 is 1.85 bits per heavy atom. The average Bonchev–Trinajstić information content (AvgIpc) is 2.15. The van der Waals surface area contributed by atoms with Crippen molar-refractivity contribution >= 4 is 27.7 Å². The highest BCUT2D eigenvalue weighted by molar-refractivity contribution is 9.11. The summed E-state index contributed by atoms with van der Waals surface area (Å²) >= 11 is 4.18. The van der Waals surface area contributed by atoms with E-state index < -0.39 is 6.08 Å². The van der Waals surface area contributed by atoms with Gasteiger partial charge in [0.15, 0.2) is 0 Å².